The van der Waals surface area contributed by atoms with Crippen LogP contribution in [0.3, 0.4) is 0 Å². The van der Waals surface area contributed by atoms with Gasteiger partial charge in [0, 0.05) is 28.3 Å². The highest BCUT2D eigenvalue weighted by molar-refractivity contribution is 7.04. The Morgan fingerprint density at radius 3 is 2.09 bits per heavy atom. The van der Waals surface area contributed by atoms with E-state index in [1.807, 2.05) is 24.4 Å². The van der Waals surface area contributed by atoms with Gasteiger partial charge >= 0.3 is 0 Å². The first-order valence-corrected chi connectivity index (χ1v) is 22.7. The third-order valence-corrected chi connectivity index (χ3v) is 15.2. The molecule has 1 aliphatic heterocycles. The standard InChI is InChI=1S/C41H42N2OSi2/c1-41(2,3)31-20-28(33-23-27(17-18-42-33)26-13-10-9-11-14-26)19-29(21-31)34-24-30-22-32(45(4,5)6)25-37-38(30)40(43-34)39-35(44)15-12-16-36(39)46(37,7)8/h9-25,44H,1-8H3. The normalized spacial score (nSPS) is 13.9. The number of phenolic OH excluding ortho intramolecular Hbond substituents is 1. The van der Waals surface area contributed by atoms with E-state index in [9.17, 15) is 5.11 Å². The second-order valence-corrected chi connectivity index (χ2v) is 24.8. The molecule has 0 radical (unpaired) electrons. The lowest BCUT2D eigenvalue weighted by atomic mass is 9.84. The van der Waals surface area contributed by atoms with E-state index in [0.29, 0.717) is 5.75 Å². The zero-order valence-corrected chi connectivity index (χ0v) is 30.2. The summed E-state index contributed by atoms with van der Waals surface area (Å²) in [6, 6.07) is 34.8. The van der Waals surface area contributed by atoms with Crippen molar-refractivity contribution in [3.63, 3.8) is 0 Å². The van der Waals surface area contributed by atoms with Crippen LogP contribution in [0.2, 0.25) is 32.7 Å². The number of aromatic nitrogens is 2. The number of rotatable bonds is 4. The fraction of sp³-hybridized carbons (Fsp3) is 0.220. The van der Waals surface area contributed by atoms with Crippen molar-refractivity contribution in [3.05, 3.63) is 109 Å². The average Bonchev–Trinajstić information content (AvgIpc) is 3.02. The van der Waals surface area contributed by atoms with E-state index in [0.717, 1.165) is 39.3 Å². The molecule has 4 aromatic carbocycles. The summed E-state index contributed by atoms with van der Waals surface area (Å²) in [5, 5.41) is 17.9. The first kappa shape index (κ1) is 30.3. The van der Waals surface area contributed by atoms with Crippen molar-refractivity contribution in [1.82, 2.24) is 9.97 Å². The summed E-state index contributed by atoms with van der Waals surface area (Å²) >= 11 is 0. The number of hydrogen-bond donors (Lipinski definition) is 1. The first-order valence-electron chi connectivity index (χ1n) is 16.2. The predicted octanol–water partition coefficient (Wildman–Crippen LogP) is 8.98. The van der Waals surface area contributed by atoms with Gasteiger partial charge in [0.25, 0.3) is 0 Å². The van der Waals surface area contributed by atoms with E-state index >= 15 is 0 Å². The molecular weight excluding hydrogens is 593 g/mol. The SMILES string of the molecule is CC(C)(C)c1cc(-c2cc(-c3ccccc3)ccn2)cc(-c2cc3cc([Si](C)(C)C)cc4c3c(n2)-c2c(O)cccc2[Si]4(C)C)c1. The lowest BCUT2D eigenvalue weighted by molar-refractivity contribution is 0.477. The van der Waals surface area contributed by atoms with Gasteiger partial charge in [-0.1, -0.05) is 113 Å². The van der Waals surface area contributed by atoms with Crippen molar-refractivity contribution in [2.45, 2.75) is 58.9 Å². The highest BCUT2D eigenvalue weighted by Crippen LogP contribution is 2.40. The molecule has 230 valence electrons. The van der Waals surface area contributed by atoms with Crippen LogP contribution in [0.1, 0.15) is 26.3 Å². The van der Waals surface area contributed by atoms with Crippen LogP contribution in [0.4, 0.5) is 0 Å². The van der Waals surface area contributed by atoms with Crippen molar-refractivity contribution in [2.75, 3.05) is 0 Å². The summed E-state index contributed by atoms with van der Waals surface area (Å²) < 4.78 is 0. The smallest absolute Gasteiger partial charge is 0.124 e. The van der Waals surface area contributed by atoms with Gasteiger partial charge in [0.1, 0.15) is 13.8 Å². The number of fused-ring (bicyclic) bond motifs is 2. The van der Waals surface area contributed by atoms with Gasteiger partial charge in [0.2, 0.25) is 0 Å². The van der Waals surface area contributed by atoms with Crippen LogP contribution in [-0.2, 0) is 5.41 Å². The molecule has 0 atom stereocenters. The molecule has 0 saturated heterocycles. The number of phenols is 1. The summed E-state index contributed by atoms with van der Waals surface area (Å²) in [7, 11) is -3.74. The van der Waals surface area contributed by atoms with E-state index in [1.165, 1.54) is 37.5 Å². The molecule has 0 saturated carbocycles. The number of benzene rings is 4. The molecule has 6 aromatic rings. The van der Waals surface area contributed by atoms with E-state index in [2.05, 4.69) is 132 Å². The van der Waals surface area contributed by atoms with Crippen LogP contribution >= 0.6 is 0 Å². The molecule has 0 amide bonds. The minimum atomic E-state index is -2.11. The minimum absolute atomic E-state index is 0.0778. The van der Waals surface area contributed by atoms with Crippen LogP contribution < -0.4 is 15.6 Å². The zero-order valence-electron chi connectivity index (χ0n) is 28.2. The number of nitrogens with zero attached hydrogens (tertiary/aromatic N) is 2. The lowest BCUT2D eigenvalue weighted by Crippen LogP contribution is -2.57. The molecule has 7 rings (SSSR count). The van der Waals surface area contributed by atoms with Gasteiger partial charge in [-0.3, -0.25) is 4.98 Å². The Bertz CT molecular complexity index is 2160. The molecule has 0 spiro atoms. The molecule has 46 heavy (non-hydrogen) atoms. The quantitative estimate of drug-likeness (QED) is 0.197. The van der Waals surface area contributed by atoms with Crippen molar-refractivity contribution in [2.24, 2.45) is 0 Å². The minimum Gasteiger partial charge on any atom is -0.507 e. The fourth-order valence-electron chi connectivity index (χ4n) is 6.86. The van der Waals surface area contributed by atoms with Gasteiger partial charge in [0.05, 0.1) is 25.2 Å². The molecule has 2 aromatic heterocycles. The Morgan fingerprint density at radius 1 is 0.674 bits per heavy atom. The first-order chi connectivity index (χ1) is 21.7. The maximum Gasteiger partial charge on any atom is 0.124 e. The van der Waals surface area contributed by atoms with E-state index in [-0.39, 0.29) is 5.41 Å². The Morgan fingerprint density at radius 2 is 1.39 bits per heavy atom. The topological polar surface area (TPSA) is 46.0 Å². The third-order valence-electron chi connectivity index (χ3n) is 9.68. The molecule has 0 aliphatic carbocycles. The van der Waals surface area contributed by atoms with Gasteiger partial charge in [-0.05, 0) is 80.3 Å². The van der Waals surface area contributed by atoms with Crippen LogP contribution in [0.15, 0.2) is 103 Å². The van der Waals surface area contributed by atoms with Gasteiger partial charge in [-0.2, -0.15) is 0 Å². The highest BCUT2D eigenvalue weighted by Gasteiger charge is 2.38. The monoisotopic (exact) mass is 634 g/mol. The van der Waals surface area contributed by atoms with Crippen LogP contribution in [-0.4, -0.2) is 31.2 Å². The lowest BCUT2D eigenvalue weighted by Gasteiger charge is -2.35. The number of aromatic hydroxyl groups is 1. The molecule has 5 heteroatoms. The Hall–Kier alpha value is -4.33. The van der Waals surface area contributed by atoms with Gasteiger partial charge in [0.15, 0.2) is 0 Å². The zero-order chi connectivity index (χ0) is 32.6. The summed E-state index contributed by atoms with van der Waals surface area (Å²) in [6.07, 6.45) is 1.91. The van der Waals surface area contributed by atoms with Gasteiger partial charge in [-0.25, -0.2) is 4.98 Å². The van der Waals surface area contributed by atoms with Crippen molar-refractivity contribution in [3.8, 4) is 50.6 Å². The van der Waals surface area contributed by atoms with E-state index < -0.39 is 16.1 Å². The summed E-state index contributed by atoms with van der Waals surface area (Å²) in [6.45, 7) is 18.9. The molecule has 1 N–H and O–H groups in total. The van der Waals surface area contributed by atoms with Crippen molar-refractivity contribution in [1.29, 1.82) is 0 Å². The average molecular weight is 635 g/mol. The van der Waals surface area contributed by atoms with Crippen LogP contribution in [0, 0.1) is 0 Å². The predicted molar refractivity (Wildman–Crippen MR) is 201 cm³/mol. The van der Waals surface area contributed by atoms with Crippen molar-refractivity contribution >= 4 is 42.5 Å². The highest BCUT2D eigenvalue weighted by atomic mass is 28.3. The van der Waals surface area contributed by atoms with Crippen molar-refractivity contribution < 1.29 is 5.11 Å². The van der Waals surface area contributed by atoms with Gasteiger partial charge < -0.3 is 5.11 Å². The van der Waals surface area contributed by atoms with Gasteiger partial charge in [-0.15, -0.1) is 0 Å². The molecule has 0 unspecified atom stereocenters. The molecular formula is C41H42N2OSi2. The molecule has 3 nitrogen and oxygen atoms in total. The largest absolute Gasteiger partial charge is 0.507 e. The van der Waals surface area contributed by atoms with E-state index in [4.69, 9.17) is 9.97 Å². The van der Waals surface area contributed by atoms with E-state index in [1.54, 1.807) is 0 Å². The van der Waals surface area contributed by atoms with Crippen LogP contribution in [0.25, 0.3) is 55.7 Å². The third kappa shape index (κ3) is 5.12. The molecule has 3 heterocycles. The Balaban J connectivity index is 1.51. The summed E-state index contributed by atoms with van der Waals surface area (Å²) in [4.78, 5) is 10.3. The van der Waals surface area contributed by atoms with Crippen LogP contribution in [0.5, 0.6) is 5.75 Å². The summed E-state index contributed by atoms with van der Waals surface area (Å²) in [5.74, 6) is 0.315. The second-order valence-electron chi connectivity index (χ2n) is 15.4. The fourth-order valence-corrected chi connectivity index (χ4v) is 11.3. The maximum atomic E-state index is 11.4. The molecule has 1 aliphatic rings. The summed E-state index contributed by atoms with van der Waals surface area (Å²) in [5.41, 5.74) is 9.27. The number of pyridine rings is 2. The Labute approximate surface area is 275 Å². The molecule has 0 fully saturated rings. The maximum absolute atomic E-state index is 11.4. The molecule has 0 bridgehead atoms. The Kier molecular flexibility index (Phi) is 7.00. The number of hydrogen-bond acceptors (Lipinski definition) is 3. The second kappa shape index (κ2) is 10.6.